The van der Waals surface area contributed by atoms with Crippen molar-refractivity contribution in [2.24, 2.45) is 16.3 Å². The van der Waals surface area contributed by atoms with Crippen molar-refractivity contribution in [1.82, 2.24) is 0 Å². The van der Waals surface area contributed by atoms with E-state index in [1.54, 1.807) is 6.07 Å². The van der Waals surface area contributed by atoms with Gasteiger partial charge >= 0.3 is 0 Å². The summed E-state index contributed by atoms with van der Waals surface area (Å²) in [5.41, 5.74) is 6.36. The molecule has 6 rings (SSSR count). The molecule has 0 N–H and O–H groups in total. The van der Waals surface area contributed by atoms with Gasteiger partial charge in [-0.1, -0.05) is 45.4 Å². The van der Waals surface area contributed by atoms with Gasteiger partial charge in [-0.25, -0.2) is 4.39 Å². The van der Waals surface area contributed by atoms with Crippen LogP contribution in [0.1, 0.15) is 76.5 Å². The summed E-state index contributed by atoms with van der Waals surface area (Å²) >= 11 is 0. The Morgan fingerprint density at radius 1 is 1.15 bits per heavy atom. The third-order valence-corrected chi connectivity index (χ3v) is 9.68. The number of fused-ring (bicyclic) bond motifs is 2. The number of aliphatic imine (C=N–C) groups is 1. The lowest BCUT2D eigenvalue weighted by atomic mass is 9.60. The van der Waals surface area contributed by atoms with Crippen molar-refractivity contribution in [3.63, 3.8) is 0 Å². The molecule has 1 amide bonds. The fraction of sp³-hybridized carbons (Fsp3) is 0.429. The highest BCUT2D eigenvalue weighted by atomic mass is 19.1. The summed E-state index contributed by atoms with van der Waals surface area (Å²) in [6, 6.07) is 16.2. The van der Waals surface area contributed by atoms with E-state index in [9.17, 15) is 10.1 Å². The minimum Gasteiger partial charge on any atom is -0.308 e. The van der Waals surface area contributed by atoms with Gasteiger partial charge in [-0.15, -0.1) is 0 Å². The third kappa shape index (κ3) is 4.62. The molecule has 2 aliphatic heterocycles. The molecule has 1 radical (unpaired) electrons. The number of alkyl halides is 1. The van der Waals surface area contributed by atoms with Crippen molar-refractivity contribution in [3.8, 4) is 6.07 Å². The molecule has 1 unspecified atom stereocenters. The first kappa shape index (κ1) is 26.7. The number of nitriles is 1. The number of carbonyl (C=O) groups excluding carboxylic acids is 1. The van der Waals surface area contributed by atoms with E-state index >= 15 is 4.39 Å². The van der Waals surface area contributed by atoms with Crippen LogP contribution in [0.25, 0.3) is 0 Å². The van der Waals surface area contributed by atoms with Crippen molar-refractivity contribution < 1.29 is 9.18 Å². The van der Waals surface area contributed by atoms with Gasteiger partial charge in [-0.2, -0.15) is 5.26 Å². The topological polar surface area (TPSA) is 56.5 Å². The molecule has 40 heavy (non-hydrogen) atoms. The Bertz CT molecular complexity index is 1500. The van der Waals surface area contributed by atoms with E-state index in [2.05, 4.69) is 62.5 Å². The van der Waals surface area contributed by atoms with Crippen LogP contribution in [0, 0.1) is 29.1 Å². The Hall–Kier alpha value is -3.52. The van der Waals surface area contributed by atoms with Crippen molar-refractivity contribution in [3.05, 3.63) is 88.4 Å². The zero-order valence-corrected chi connectivity index (χ0v) is 23.9. The van der Waals surface area contributed by atoms with Crippen molar-refractivity contribution in [2.75, 3.05) is 11.4 Å². The fourth-order valence-electron chi connectivity index (χ4n) is 7.10. The Labute approximate surface area is 237 Å². The number of anilines is 1. The van der Waals surface area contributed by atoms with Crippen LogP contribution < -0.4 is 4.90 Å². The van der Waals surface area contributed by atoms with Crippen LogP contribution >= 0.6 is 0 Å². The van der Waals surface area contributed by atoms with Crippen molar-refractivity contribution in [1.29, 1.82) is 5.26 Å². The maximum Gasteiger partial charge on any atom is 0.254 e. The molecule has 0 aromatic heterocycles. The van der Waals surface area contributed by atoms with E-state index in [1.165, 1.54) is 5.56 Å². The summed E-state index contributed by atoms with van der Waals surface area (Å²) in [5.74, 6) is -0.0893. The summed E-state index contributed by atoms with van der Waals surface area (Å²) < 4.78 is 16.6. The second kappa shape index (κ2) is 9.54. The summed E-state index contributed by atoms with van der Waals surface area (Å²) in [7, 11) is 0. The predicted molar refractivity (Wildman–Crippen MR) is 158 cm³/mol. The van der Waals surface area contributed by atoms with Gasteiger partial charge in [0.2, 0.25) is 0 Å². The molecular weight excluding hydrogens is 497 g/mol. The molecule has 5 heteroatoms. The lowest BCUT2D eigenvalue weighted by Crippen LogP contribution is -2.50. The molecule has 1 saturated carbocycles. The van der Waals surface area contributed by atoms with Crippen LogP contribution in [-0.4, -0.2) is 24.3 Å². The molecule has 3 atom stereocenters. The summed E-state index contributed by atoms with van der Waals surface area (Å²) in [6.07, 6.45) is 9.66. The SMILES string of the molecule is CCC1(F)CC[C@]2(C[C@H]1CC1=CC=Nc3ccc(C#N)cc3C1)CN(c1ccc(C(C)(C)C)cc1)C(=O)C1=C2[CH]1. The number of carbonyl (C=O) groups is 1. The second-order valence-corrected chi connectivity index (χ2v) is 13.2. The Morgan fingerprint density at radius 3 is 2.62 bits per heavy atom. The molecule has 2 heterocycles. The normalized spacial score (nSPS) is 27.6. The highest BCUT2D eigenvalue weighted by Crippen LogP contribution is 2.61. The Morgan fingerprint density at radius 2 is 1.93 bits per heavy atom. The van der Waals surface area contributed by atoms with Gasteiger partial charge in [0.25, 0.3) is 5.91 Å². The van der Waals surface area contributed by atoms with Gasteiger partial charge < -0.3 is 4.90 Å². The Kier molecular flexibility index (Phi) is 6.37. The van der Waals surface area contributed by atoms with Gasteiger partial charge in [-0.05, 0) is 103 Å². The van der Waals surface area contributed by atoms with E-state index < -0.39 is 5.67 Å². The van der Waals surface area contributed by atoms with Gasteiger partial charge in [-0.3, -0.25) is 9.79 Å². The number of benzene rings is 2. The molecule has 205 valence electrons. The van der Waals surface area contributed by atoms with E-state index in [4.69, 9.17) is 0 Å². The summed E-state index contributed by atoms with van der Waals surface area (Å²) in [5, 5.41) is 9.39. The molecule has 0 saturated heterocycles. The van der Waals surface area contributed by atoms with Crippen LogP contribution in [0.3, 0.4) is 0 Å². The molecule has 4 nitrogen and oxygen atoms in total. The second-order valence-electron chi connectivity index (χ2n) is 13.2. The van der Waals surface area contributed by atoms with Crippen LogP contribution in [0.4, 0.5) is 15.8 Å². The first-order chi connectivity index (χ1) is 19.0. The van der Waals surface area contributed by atoms with Gasteiger partial charge in [0.15, 0.2) is 0 Å². The van der Waals surface area contributed by atoms with E-state index in [-0.39, 0.29) is 22.7 Å². The van der Waals surface area contributed by atoms with Crippen LogP contribution in [0.15, 0.2) is 70.3 Å². The van der Waals surface area contributed by atoms with Gasteiger partial charge in [0, 0.05) is 35.9 Å². The predicted octanol–water partition coefficient (Wildman–Crippen LogP) is 7.90. The number of hydrogen-bond acceptors (Lipinski definition) is 3. The van der Waals surface area contributed by atoms with Crippen molar-refractivity contribution in [2.45, 2.75) is 77.3 Å². The number of halogens is 1. The van der Waals surface area contributed by atoms with E-state index in [1.807, 2.05) is 36.2 Å². The molecule has 0 bridgehead atoms. The highest BCUT2D eigenvalue weighted by molar-refractivity contribution is 6.14. The zero-order chi connectivity index (χ0) is 28.3. The molecule has 4 aliphatic rings. The molecule has 1 spiro atoms. The van der Waals surface area contributed by atoms with Crippen LogP contribution in [0.2, 0.25) is 0 Å². The Balaban J connectivity index is 1.28. The molecule has 2 aromatic rings. The molecule has 1 fully saturated rings. The third-order valence-electron chi connectivity index (χ3n) is 9.68. The molecule has 2 aromatic carbocycles. The van der Waals surface area contributed by atoms with E-state index in [0.717, 1.165) is 46.5 Å². The standard InChI is InChI=1S/C35H37FN3O/c1-5-35(36)14-13-34(20-27(35)18-23-12-15-38-31-11-6-24(21-37)17-25(31)16-23)22-39(32(40)29-19-30(29)34)28-9-7-26(8-10-28)33(2,3)4/h6-12,15,17,19,27H,5,13-14,16,18,20,22H2,1-4H3/t27-,34+,35?/m1/s1. The molecular formula is C35H37FN3O. The number of hydrogen-bond donors (Lipinski definition) is 0. The fourth-order valence-corrected chi connectivity index (χ4v) is 7.10. The van der Waals surface area contributed by atoms with Crippen molar-refractivity contribution >= 4 is 23.5 Å². The molecule has 2 aliphatic carbocycles. The average Bonchev–Trinajstić information content (AvgIpc) is 3.77. The highest BCUT2D eigenvalue weighted by Gasteiger charge is 2.58. The first-order valence-electron chi connectivity index (χ1n) is 14.5. The summed E-state index contributed by atoms with van der Waals surface area (Å²) in [6.45, 7) is 9.13. The number of amides is 1. The number of nitrogens with zero attached hydrogens (tertiary/aromatic N) is 3. The van der Waals surface area contributed by atoms with Gasteiger partial charge in [0.05, 0.1) is 17.3 Å². The first-order valence-corrected chi connectivity index (χ1v) is 14.5. The maximum absolute atomic E-state index is 16.6. The minimum absolute atomic E-state index is 0.0426. The number of allylic oxidation sites excluding steroid dienone is 2. The average molecular weight is 535 g/mol. The quantitative estimate of drug-likeness (QED) is 0.400. The monoisotopic (exact) mass is 534 g/mol. The lowest BCUT2D eigenvalue weighted by Gasteiger charge is -2.50. The minimum atomic E-state index is -1.25. The zero-order valence-electron chi connectivity index (χ0n) is 23.9. The van der Waals surface area contributed by atoms with Crippen LogP contribution in [-0.2, 0) is 16.6 Å². The summed E-state index contributed by atoms with van der Waals surface area (Å²) in [4.78, 5) is 19.9. The lowest BCUT2D eigenvalue weighted by molar-refractivity contribution is -0.115. The maximum atomic E-state index is 16.6. The van der Waals surface area contributed by atoms with E-state index in [0.29, 0.717) is 37.8 Å². The van der Waals surface area contributed by atoms with Gasteiger partial charge in [0.1, 0.15) is 5.67 Å². The number of rotatable bonds is 4. The van der Waals surface area contributed by atoms with Crippen LogP contribution in [0.5, 0.6) is 0 Å². The largest absolute Gasteiger partial charge is 0.308 e. The smallest absolute Gasteiger partial charge is 0.254 e.